The summed E-state index contributed by atoms with van der Waals surface area (Å²) < 4.78 is 0.0451. The molecule has 0 aliphatic carbocycles. The normalized spacial score (nSPS) is 17.4. The van der Waals surface area contributed by atoms with Crippen molar-refractivity contribution in [1.29, 1.82) is 0 Å². The summed E-state index contributed by atoms with van der Waals surface area (Å²) in [6.45, 7) is 4.16. The molecule has 25 heavy (non-hydrogen) atoms. The Morgan fingerprint density at radius 1 is 1.24 bits per heavy atom. The molecule has 0 spiro atoms. The largest absolute Gasteiger partial charge is 0.481 e. The SMILES string of the molecule is CC(C)c1ccc(/C=C2/SC(=S)N(C(CC(=O)O)C(=O)O)C2=O)cc1. The molecule has 1 heterocycles. The zero-order valence-electron chi connectivity index (χ0n) is 13.6. The van der Waals surface area contributed by atoms with Crippen molar-refractivity contribution in [3.63, 3.8) is 0 Å². The van der Waals surface area contributed by atoms with Gasteiger partial charge < -0.3 is 10.2 Å². The maximum atomic E-state index is 12.5. The van der Waals surface area contributed by atoms with E-state index < -0.39 is 30.3 Å². The number of hydrogen-bond donors (Lipinski definition) is 2. The van der Waals surface area contributed by atoms with Gasteiger partial charge in [-0.25, -0.2) is 4.79 Å². The molecule has 0 bridgehead atoms. The maximum absolute atomic E-state index is 12.5. The number of thioether (sulfide) groups is 1. The Morgan fingerprint density at radius 2 is 1.84 bits per heavy atom. The van der Waals surface area contributed by atoms with Gasteiger partial charge in [0.2, 0.25) is 0 Å². The second-order valence-corrected chi connectivity index (χ2v) is 7.50. The summed E-state index contributed by atoms with van der Waals surface area (Å²) in [7, 11) is 0. The lowest BCUT2D eigenvalue weighted by Gasteiger charge is -2.21. The zero-order valence-corrected chi connectivity index (χ0v) is 15.3. The molecule has 1 aliphatic rings. The van der Waals surface area contributed by atoms with Gasteiger partial charge in [-0.3, -0.25) is 14.5 Å². The summed E-state index contributed by atoms with van der Waals surface area (Å²) in [5.74, 6) is -2.91. The molecule has 2 rings (SSSR count). The van der Waals surface area contributed by atoms with Crippen molar-refractivity contribution in [1.82, 2.24) is 4.90 Å². The molecule has 1 unspecified atom stereocenters. The number of carbonyl (C=O) groups excluding carboxylic acids is 1. The Labute approximate surface area is 154 Å². The minimum Gasteiger partial charge on any atom is -0.481 e. The lowest BCUT2D eigenvalue weighted by Crippen LogP contribution is -2.45. The number of aliphatic carboxylic acids is 2. The highest BCUT2D eigenvalue weighted by Crippen LogP contribution is 2.34. The summed E-state index contributed by atoms with van der Waals surface area (Å²) in [5.41, 5.74) is 1.95. The molecule has 1 aromatic carbocycles. The van der Waals surface area contributed by atoms with E-state index in [1.807, 2.05) is 24.3 Å². The summed E-state index contributed by atoms with van der Waals surface area (Å²) in [6, 6.07) is 6.14. The predicted molar refractivity (Wildman–Crippen MR) is 99.2 cm³/mol. The Kier molecular flexibility index (Phi) is 5.97. The van der Waals surface area contributed by atoms with Crippen molar-refractivity contribution in [2.24, 2.45) is 0 Å². The maximum Gasteiger partial charge on any atom is 0.327 e. The number of thiocarbonyl (C=S) groups is 1. The minimum atomic E-state index is -1.51. The van der Waals surface area contributed by atoms with Gasteiger partial charge in [-0.2, -0.15) is 0 Å². The molecule has 0 aromatic heterocycles. The topological polar surface area (TPSA) is 94.9 Å². The average molecular weight is 379 g/mol. The fourth-order valence-corrected chi connectivity index (χ4v) is 3.69. The highest BCUT2D eigenvalue weighted by atomic mass is 32.2. The Bertz CT molecular complexity index is 755. The second-order valence-electron chi connectivity index (χ2n) is 5.82. The average Bonchev–Trinajstić information content (AvgIpc) is 2.79. The first-order valence-electron chi connectivity index (χ1n) is 7.52. The molecule has 2 N–H and O–H groups in total. The first-order chi connectivity index (χ1) is 11.7. The molecule has 132 valence electrons. The highest BCUT2D eigenvalue weighted by molar-refractivity contribution is 8.26. The van der Waals surface area contributed by atoms with E-state index in [0.29, 0.717) is 5.92 Å². The fraction of sp³-hybridized carbons (Fsp3) is 0.294. The van der Waals surface area contributed by atoms with Crippen LogP contribution in [0.15, 0.2) is 29.2 Å². The van der Waals surface area contributed by atoms with Crippen molar-refractivity contribution in [2.75, 3.05) is 0 Å². The molecule has 1 amide bonds. The van der Waals surface area contributed by atoms with Crippen LogP contribution in [0.2, 0.25) is 0 Å². The first kappa shape index (κ1) is 19.1. The summed E-state index contributed by atoms with van der Waals surface area (Å²) >= 11 is 6.06. The van der Waals surface area contributed by atoms with Gasteiger partial charge in [-0.1, -0.05) is 62.1 Å². The Balaban J connectivity index is 2.27. The Morgan fingerprint density at radius 3 is 2.32 bits per heavy atom. The molecule has 6 nitrogen and oxygen atoms in total. The van der Waals surface area contributed by atoms with E-state index in [-0.39, 0.29) is 9.23 Å². The molecule has 1 atom stereocenters. The van der Waals surface area contributed by atoms with Crippen molar-refractivity contribution < 1.29 is 24.6 Å². The standard InChI is InChI=1S/C17H17NO5S2/c1-9(2)11-5-3-10(4-6-11)7-13-15(21)18(17(24)25-13)12(16(22)23)8-14(19)20/h3-7,9,12H,8H2,1-2H3,(H,19,20)(H,22,23)/b13-7+. The molecule has 0 saturated carbocycles. The highest BCUT2D eigenvalue weighted by Gasteiger charge is 2.41. The smallest absolute Gasteiger partial charge is 0.327 e. The third kappa shape index (κ3) is 4.46. The number of rotatable bonds is 6. The van der Waals surface area contributed by atoms with E-state index in [4.69, 9.17) is 17.3 Å². The number of hydrogen-bond acceptors (Lipinski definition) is 5. The Hall–Kier alpha value is -2.19. The summed E-state index contributed by atoms with van der Waals surface area (Å²) in [4.78, 5) is 35.9. The van der Waals surface area contributed by atoms with Gasteiger partial charge in [-0.15, -0.1) is 0 Å². The number of benzene rings is 1. The van der Waals surface area contributed by atoms with Crippen LogP contribution in [0, 0.1) is 0 Å². The second kappa shape index (κ2) is 7.79. The van der Waals surface area contributed by atoms with Gasteiger partial charge in [0.05, 0.1) is 11.3 Å². The number of carboxylic acid groups (broad SMARTS) is 2. The van der Waals surface area contributed by atoms with Crippen molar-refractivity contribution >= 4 is 52.2 Å². The third-order valence-corrected chi connectivity index (χ3v) is 5.02. The van der Waals surface area contributed by atoms with Gasteiger partial charge in [-0.05, 0) is 23.1 Å². The van der Waals surface area contributed by atoms with Crippen LogP contribution in [0.4, 0.5) is 0 Å². The van der Waals surface area contributed by atoms with Crippen LogP contribution in [0.1, 0.15) is 37.3 Å². The van der Waals surface area contributed by atoms with Crippen molar-refractivity contribution in [2.45, 2.75) is 32.2 Å². The van der Waals surface area contributed by atoms with Crippen molar-refractivity contribution in [3.8, 4) is 0 Å². The number of carboxylic acids is 2. The van der Waals surface area contributed by atoms with E-state index in [9.17, 15) is 19.5 Å². The molecule has 8 heteroatoms. The molecule has 0 radical (unpaired) electrons. The van der Waals surface area contributed by atoms with Gasteiger partial charge in [0.25, 0.3) is 5.91 Å². The summed E-state index contributed by atoms with van der Waals surface area (Å²) in [6.07, 6.45) is 0.918. The van der Waals surface area contributed by atoms with Gasteiger partial charge >= 0.3 is 11.9 Å². The molecular formula is C17H17NO5S2. The zero-order chi connectivity index (χ0) is 18.7. The number of amides is 1. The van der Waals surface area contributed by atoms with Gasteiger partial charge in [0.15, 0.2) is 0 Å². The van der Waals surface area contributed by atoms with Crippen LogP contribution in [0.5, 0.6) is 0 Å². The van der Waals surface area contributed by atoms with E-state index in [2.05, 4.69) is 13.8 Å². The van der Waals surface area contributed by atoms with Crippen LogP contribution in [0.25, 0.3) is 6.08 Å². The van der Waals surface area contributed by atoms with Crippen LogP contribution >= 0.6 is 24.0 Å². The van der Waals surface area contributed by atoms with Crippen LogP contribution in [0.3, 0.4) is 0 Å². The molecule has 1 fully saturated rings. The quantitative estimate of drug-likeness (QED) is 0.579. The minimum absolute atomic E-state index is 0.0451. The molecule has 1 aromatic rings. The van der Waals surface area contributed by atoms with Crippen LogP contribution in [-0.4, -0.2) is 43.3 Å². The van der Waals surface area contributed by atoms with E-state index in [1.54, 1.807) is 6.08 Å². The molecule has 1 aliphatic heterocycles. The first-order valence-corrected chi connectivity index (χ1v) is 8.74. The van der Waals surface area contributed by atoms with E-state index in [0.717, 1.165) is 27.8 Å². The van der Waals surface area contributed by atoms with Gasteiger partial charge in [0, 0.05) is 0 Å². The van der Waals surface area contributed by atoms with Crippen LogP contribution < -0.4 is 0 Å². The molecule has 1 saturated heterocycles. The fourth-order valence-electron chi connectivity index (χ4n) is 2.33. The van der Waals surface area contributed by atoms with E-state index >= 15 is 0 Å². The van der Waals surface area contributed by atoms with Gasteiger partial charge in [0.1, 0.15) is 10.4 Å². The summed E-state index contributed by atoms with van der Waals surface area (Å²) in [5, 5.41) is 18.1. The lowest BCUT2D eigenvalue weighted by atomic mass is 10.0. The predicted octanol–water partition coefficient (Wildman–Crippen LogP) is 2.94. The van der Waals surface area contributed by atoms with Crippen molar-refractivity contribution in [3.05, 3.63) is 40.3 Å². The number of carbonyl (C=O) groups is 3. The van der Waals surface area contributed by atoms with E-state index in [1.165, 1.54) is 0 Å². The lowest BCUT2D eigenvalue weighted by molar-refractivity contribution is -0.150. The van der Waals surface area contributed by atoms with Crippen LogP contribution in [-0.2, 0) is 14.4 Å². The monoisotopic (exact) mass is 379 g/mol. The third-order valence-electron chi connectivity index (χ3n) is 3.69. The number of nitrogens with zero attached hydrogens (tertiary/aromatic N) is 1. The molecular weight excluding hydrogens is 362 g/mol.